The van der Waals surface area contributed by atoms with Crippen molar-refractivity contribution in [3.63, 3.8) is 0 Å². The number of halogens is 1. The van der Waals surface area contributed by atoms with Crippen LogP contribution in [0.5, 0.6) is 0 Å². The summed E-state index contributed by atoms with van der Waals surface area (Å²) in [5, 5.41) is 6.90. The number of rotatable bonds is 8. The highest BCUT2D eigenvalue weighted by atomic mass is 79.9. The predicted molar refractivity (Wildman–Crippen MR) is 78.2 cm³/mol. The lowest BCUT2D eigenvalue weighted by molar-refractivity contribution is 0.530. The van der Waals surface area contributed by atoms with Crippen molar-refractivity contribution in [3.8, 4) is 0 Å². The quantitative estimate of drug-likeness (QED) is 0.721. The molecule has 0 amide bonds. The molecule has 0 aliphatic rings. The summed E-state index contributed by atoms with van der Waals surface area (Å²) in [6.45, 7) is 8.70. The molecule has 1 aromatic rings. The summed E-state index contributed by atoms with van der Waals surface area (Å²) in [6.07, 6.45) is 1.18. The van der Waals surface area contributed by atoms with Gasteiger partial charge in [0, 0.05) is 11.0 Å². The fourth-order valence-corrected chi connectivity index (χ4v) is 2.06. The van der Waals surface area contributed by atoms with Crippen LogP contribution in [0.15, 0.2) is 28.7 Å². The average molecular weight is 299 g/mol. The van der Waals surface area contributed by atoms with Gasteiger partial charge in [-0.1, -0.05) is 41.9 Å². The van der Waals surface area contributed by atoms with E-state index in [0.717, 1.165) is 36.6 Å². The van der Waals surface area contributed by atoms with E-state index in [1.54, 1.807) is 0 Å². The van der Waals surface area contributed by atoms with E-state index >= 15 is 0 Å². The van der Waals surface area contributed by atoms with Gasteiger partial charge in [0.05, 0.1) is 0 Å². The first-order chi connectivity index (χ1) is 8.18. The molecule has 0 aromatic heterocycles. The second-order valence-corrected chi connectivity index (χ2v) is 5.67. The minimum atomic E-state index is 0.740. The van der Waals surface area contributed by atoms with E-state index in [2.05, 4.69) is 64.7 Å². The molecule has 3 heteroatoms. The van der Waals surface area contributed by atoms with Crippen molar-refractivity contribution < 1.29 is 0 Å². The van der Waals surface area contributed by atoms with Crippen LogP contribution in [-0.4, -0.2) is 19.6 Å². The lowest BCUT2D eigenvalue weighted by Gasteiger charge is -2.08. The maximum Gasteiger partial charge on any atom is 0.0205 e. The average Bonchev–Trinajstić information content (AvgIpc) is 2.27. The van der Waals surface area contributed by atoms with Gasteiger partial charge in [-0.05, 0) is 49.7 Å². The highest BCUT2D eigenvalue weighted by Gasteiger charge is 1.94. The Kier molecular flexibility index (Phi) is 7.49. The molecule has 0 fully saturated rings. The SMILES string of the molecule is CC(C)CNCCCNCc1cccc(Br)c1. The van der Waals surface area contributed by atoms with Crippen LogP contribution in [0.4, 0.5) is 0 Å². The molecule has 96 valence electrons. The van der Waals surface area contributed by atoms with Crippen molar-refractivity contribution in [2.75, 3.05) is 19.6 Å². The lowest BCUT2D eigenvalue weighted by Crippen LogP contribution is -2.24. The van der Waals surface area contributed by atoms with Gasteiger partial charge in [0.25, 0.3) is 0 Å². The zero-order valence-electron chi connectivity index (χ0n) is 10.8. The van der Waals surface area contributed by atoms with Crippen LogP contribution in [0.2, 0.25) is 0 Å². The van der Waals surface area contributed by atoms with Gasteiger partial charge in [-0.25, -0.2) is 0 Å². The summed E-state index contributed by atoms with van der Waals surface area (Å²) in [5.74, 6) is 0.740. The van der Waals surface area contributed by atoms with Crippen molar-refractivity contribution in [2.45, 2.75) is 26.8 Å². The molecule has 0 unspecified atom stereocenters. The molecule has 1 rings (SSSR count). The van der Waals surface area contributed by atoms with Gasteiger partial charge in [0.1, 0.15) is 0 Å². The molecule has 0 aliphatic carbocycles. The topological polar surface area (TPSA) is 24.1 Å². The third-order valence-corrected chi connectivity index (χ3v) is 2.97. The number of hydrogen-bond donors (Lipinski definition) is 2. The number of hydrogen-bond acceptors (Lipinski definition) is 2. The van der Waals surface area contributed by atoms with Crippen LogP contribution in [0.1, 0.15) is 25.8 Å². The first-order valence-electron chi connectivity index (χ1n) is 6.34. The van der Waals surface area contributed by atoms with E-state index in [1.807, 2.05) is 0 Å². The van der Waals surface area contributed by atoms with Crippen LogP contribution in [0.3, 0.4) is 0 Å². The van der Waals surface area contributed by atoms with Gasteiger partial charge in [0.2, 0.25) is 0 Å². The Labute approximate surface area is 113 Å². The molecule has 0 spiro atoms. The molecule has 0 saturated heterocycles. The Morgan fingerprint density at radius 2 is 1.94 bits per heavy atom. The van der Waals surface area contributed by atoms with Gasteiger partial charge in [0.15, 0.2) is 0 Å². The Balaban J connectivity index is 2.01. The third kappa shape index (κ3) is 7.53. The van der Waals surface area contributed by atoms with Crippen molar-refractivity contribution in [1.29, 1.82) is 0 Å². The van der Waals surface area contributed by atoms with E-state index < -0.39 is 0 Å². The van der Waals surface area contributed by atoms with Crippen LogP contribution in [0.25, 0.3) is 0 Å². The second-order valence-electron chi connectivity index (χ2n) is 4.76. The van der Waals surface area contributed by atoms with Crippen molar-refractivity contribution in [2.24, 2.45) is 5.92 Å². The van der Waals surface area contributed by atoms with Crippen molar-refractivity contribution >= 4 is 15.9 Å². The smallest absolute Gasteiger partial charge is 0.0205 e. The Morgan fingerprint density at radius 1 is 1.18 bits per heavy atom. The van der Waals surface area contributed by atoms with Gasteiger partial charge in [-0.15, -0.1) is 0 Å². The summed E-state index contributed by atoms with van der Waals surface area (Å²) in [4.78, 5) is 0. The molecule has 2 N–H and O–H groups in total. The van der Waals surface area contributed by atoms with Crippen LogP contribution in [-0.2, 0) is 6.54 Å². The van der Waals surface area contributed by atoms with Crippen LogP contribution in [0, 0.1) is 5.92 Å². The maximum atomic E-state index is 3.48. The highest BCUT2D eigenvalue weighted by molar-refractivity contribution is 9.10. The van der Waals surface area contributed by atoms with Crippen molar-refractivity contribution in [3.05, 3.63) is 34.3 Å². The van der Waals surface area contributed by atoms with Crippen LogP contribution >= 0.6 is 15.9 Å². The molecule has 0 radical (unpaired) electrons. The monoisotopic (exact) mass is 298 g/mol. The first-order valence-corrected chi connectivity index (χ1v) is 7.13. The zero-order chi connectivity index (χ0) is 12.5. The van der Waals surface area contributed by atoms with E-state index in [1.165, 1.54) is 12.0 Å². The molecule has 17 heavy (non-hydrogen) atoms. The molecule has 1 aromatic carbocycles. The number of nitrogens with one attached hydrogen (secondary N) is 2. The molecular weight excluding hydrogens is 276 g/mol. The molecule has 0 atom stereocenters. The van der Waals surface area contributed by atoms with Gasteiger partial charge >= 0.3 is 0 Å². The molecule has 2 nitrogen and oxygen atoms in total. The number of benzene rings is 1. The zero-order valence-corrected chi connectivity index (χ0v) is 12.4. The second kappa shape index (κ2) is 8.67. The summed E-state index contributed by atoms with van der Waals surface area (Å²) < 4.78 is 1.15. The summed E-state index contributed by atoms with van der Waals surface area (Å²) >= 11 is 3.48. The van der Waals surface area contributed by atoms with Crippen molar-refractivity contribution in [1.82, 2.24) is 10.6 Å². The normalized spacial score (nSPS) is 11.1. The summed E-state index contributed by atoms with van der Waals surface area (Å²) in [7, 11) is 0. The molecule has 0 heterocycles. The Morgan fingerprint density at radius 3 is 2.65 bits per heavy atom. The largest absolute Gasteiger partial charge is 0.316 e. The molecule has 0 aliphatic heterocycles. The standard InChI is InChI=1S/C14H23BrN2/c1-12(2)10-16-7-4-8-17-11-13-5-3-6-14(15)9-13/h3,5-6,9,12,16-17H,4,7-8,10-11H2,1-2H3. The highest BCUT2D eigenvalue weighted by Crippen LogP contribution is 2.11. The Hall–Kier alpha value is -0.380. The summed E-state index contributed by atoms with van der Waals surface area (Å²) in [5.41, 5.74) is 1.33. The van der Waals surface area contributed by atoms with Gasteiger partial charge in [-0.2, -0.15) is 0 Å². The fraction of sp³-hybridized carbons (Fsp3) is 0.571. The molecular formula is C14H23BrN2. The lowest BCUT2D eigenvalue weighted by atomic mass is 10.2. The minimum Gasteiger partial charge on any atom is -0.316 e. The third-order valence-electron chi connectivity index (χ3n) is 2.48. The van der Waals surface area contributed by atoms with Gasteiger partial charge < -0.3 is 10.6 Å². The van der Waals surface area contributed by atoms with E-state index in [-0.39, 0.29) is 0 Å². The predicted octanol–water partition coefficient (Wildman–Crippen LogP) is 3.17. The molecule has 0 bridgehead atoms. The van der Waals surface area contributed by atoms with Gasteiger partial charge in [-0.3, -0.25) is 0 Å². The molecule has 0 saturated carbocycles. The Bertz CT molecular complexity index is 313. The van der Waals surface area contributed by atoms with E-state index in [0.29, 0.717) is 0 Å². The minimum absolute atomic E-state index is 0.740. The fourth-order valence-electron chi connectivity index (χ4n) is 1.61. The maximum absolute atomic E-state index is 3.48. The summed E-state index contributed by atoms with van der Waals surface area (Å²) in [6, 6.07) is 8.43. The van der Waals surface area contributed by atoms with Crippen LogP contribution < -0.4 is 10.6 Å². The first kappa shape index (κ1) is 14.7. The van der Waals surface area contributed by atoms with E-state index in [4.69, 9.17) is 0 Å². The van der Waals surface area contributed by atoms with E-state index in [9.17, 15) is 0 Å².